The molecule has 2 aromatic rings. The lowest BCUT2D eigenvalue weighted by molar-refractivity contribution is -0.132. The summed E-state index contributed by atoms with van der Waals surface area (Å²) in [6, 6.07) is 7.71. The van der Waals surface area contributed by atoms with Crippen molar-refractivity contribution in [2.24, 2.45) is 5.92 Å². The van der Waals surface area contributed by atoms with E-state index in [0.717, 1.165) is 59.2 Å². The molecule has 1 aromatic carbocycles. The molecule has 0 spiro atoms. The first-order valence-electron chi connectivity index (χ1n) is 10.5. The smallest absolute Gasteiger partial charge is 0.227 e. The van der Waals surface area contributed by atoms with E-state index >= 15 is 0 Å². The fourth-order valence-electron chi connectivity index (χ4n) is 3.92. The number of methoxy groups -OCH3 is 1. The summed E-state index contributed by atoms with van der Waals surface area (Å²) in [5.74, 6) is 1.40. The van der Waals surface area contributed by atoms with Crippen LogP contribution in [0.3, 0.4) is 0 Å². The van der Waals surface area contributed by atoms with Crippen molar-refractivity contribution in [2.75, 3.05) is 20.2 Å². The molecule has 1 saturated heterocycles. The fourth-order valence-corrected chi connectivity index (χ4v) is 4.85. The minimum atomic E-state index is 0.0528. The van der Waals surface area contributed by atoms with Gasteiger partial charge in [0, 0.05) is 30.9 Å². The summed E-state index contributed by atoms with van der Waals surface area (Å²) in [5, 5.41) is 3.99. The fraction of sp³-hybridized carbons (Fsp3) is 0.522. The van der Waals surface area contributed by atoms with Crippen molar-refractivity contribution in [3.8, 4) is 5.75 Å². The van der Waals surface area contributed by atoms with Gasteiger partial charge in [-0.2, -0.15) is 0 Å². The molecule has 0 bridgehead atoms. The zero-order valence-corrected chi connectivity index (χ0v) is 18.9. The molecule has 0 unspecified atom stereocenters. The van der Waals surface area contributed by atoms with Crippen LogP contribution in [0.5, 0.6) is 5.75 Å². The maximum atomic E-state index is 12.7. The van der Waals surface area contributed by atoms with Gasteiger partial charge in [0.15, 0.2) is 0 Å². The van der Waals surface area contributed by atoms with E-state index in [-0.39, 0.29) is 11.8 Å². The number of ether oxygens (including phenoxy) is 1. The van der Waals surface area contributed by atoms with Crippen molar-refractivity contribution < 1.29 is 14.3 Å². The van der Waals surface area contributed by atoms with Crippen molar-refractivity contribution in [2.45, 2.75) is 52.5 Å². The van der Waals surface area contributed by atoms with Crippen LogP contribution in [0.25, 0.3) is 0 Å². The number of piperidine rings is 1. The molecule has 1 aromatic heterocycles. The molecule has 1 fully saturated rings. The molecule has 3 rings (SSSR count). The number of hydrogen-bond acceptors (Lipinski definition) is 5. The van der Waals surface area contributed by atoms with E-state index in [4.69, 9.17) is 4.74 Å². The van der Waals surface area contributed by atoms with Gasteiger partial charge < -0.3 is 15.0 Å². The number of nitrogens with zero attached hydrogens (tertiary/aromatic N) is 2. The van der Waals surface area contributed by atoms with Crippen LogP contribution in [-0.2, 0) is 22.6 Å². The minimum absolute atomic E-state index is 0.0528. The quantitative estimate of drug-likeness (QED) is 0.695. The van der Waals surface area contributed by atoms with Crippen LogP contribution in [-0.4, -0.2) is 41.9 Å². The van der Waals surface area contributed by atoms with Crippen molar-refractivity contribution in [1.82, 2.24) is 15.2 Å². The number of hydrogen-bond donors (Lipinski definition) is 1. The van der Waals surface area contributed by atoms with Gasteiger partial charge in [0.05, 0.1) is 24.2 Å². The average molecular weight is 430 g/mol. The molecule has 0 radical (unpaired) electrons. The monoisotopic (exact) mass is 429 g/mol. The standard InChI is InChI=1S/C23H31N3O3S/c1-16-21(30-17(2)25-16)13-23(28)26-11-5-7-18(15-26)9-10-22(27)24-14-19-6-4-8-20(12-19)29-3/h4,6,8,12,18H,5,7,9-11,13-15H2,1-3H3,(H,24,27)/t18-/m0/s1. The van der Waals surface area contributed by atoms with E-state index in [9.17, 15) is 9.59 Å². The van der Waals surface area contributed by atoms with Crippen LogP contribution in [0.4, 0.5) is 0 Å². The van der Waals surface area contributed by atoms with Crippen LogP contribution in [0.15, 0.2) is 24.3 Å². The second-order valence-corrected chi connectivity index (χ2v) is 9.22. The van der Waals surface area contributed by atoms with Crippen LogP contribution < -0.4 is 10.1 Å². The summed E-state index contributed by atoms with van der Waals surface area (Å²) in [5.41, 5.74) is 1.98. The number of nitrogens with one attached hydrogen (secondary N) is 1. The number of carbonyl (C=O) groups excluding carboxylic acids is 2. The van der Waals surface area contributed by atoms with Crippen molar-refractivity contribution in [3.63, 3.8) is 0 Å². The highest BCUT2D eigenvalue weighted by molar-refractivity contribution is 7.11. The number of amides is 2. The molecule has 1 aliphatic heterocycles. The Morgan fingerprint density at radius 3 is 2.90 bits per heavy atom. The van der Waals surface area contributed by atoms with Gasteiger partial charge in [0.2, 0.25) is 11.8 Å². The second-order valence-electron chi connectivity index (χ2n) is 7.93. The lowest BCUT2D eigenvalue weighted by Gasteiger charge is -2.32. The molecule has 1 atom stereocenters. The second kappa shape index (κ2) is 10.6. The summed E-state index contributed by atoms with van der Waals surface area (Å²) >= 11 is 1.61. The molecule has 0 aliphatic carbocycles. The highest BCUT2D eigenvalue weighted by Gasteiger charge is 2.25. The molecule has 1 aliphatic rings. The van der Waals surface area contributed by atoms with E-state index in [0.29, 0.717) is 25.3 Å². The first-order valence-corrected chi connectivity index (χ1v) is 11.4. The lowest BCUT2D eigenvalue weighted by Crippen LogP contribution is -2.41. The maximum Gasteiger partial charge on any atom is 0.227 e. The molecule has 1 N–H and O–H groups in total. The van der Waals surface area contributed by atoms with E-state index in [1.807, 2.05) is 43.0 Å². The first-order chi connectivity index (χ1) is 14.4. The van der Waals surface area contributed by atoms with Gasteiger partial charge in [-0.25, -0.2) is 4.98 Å². The third-order valence-corrected chi connectivity index (χ3v) is 6.66. The van der Waals surface area contributed by atoms with Gasteiger partial charge in [-0.15, -0.1) is 11.3 Å². The number of aromatic nitrogens is 1. The summed E-state index contributed by atoms with van der Waals surface area (Å²) in [7, 11) is 1.63. The summed E-state index contributed by atoms with van der Waals surface area (Å²) in [6.07, 6.45) is 3.81. The van der Waals surface area contributed by atoms with Crippen molar-refractivity contribution in [1.29, 1.82) is 0 Å². The zero-order valence-electron chi connectivity index (χ0n) is 18.1. The van der Waals surface area contributed by atoms with Crippen LogP contribution in [0, 0.1) is 19.8 Å². The van der Waals surface area contributed by atoms with Gasteiger partial charge in [0.25, 0.3) is 0 Å². The highest BCUT2D eigenvalue weighted by atomic mass is 32.1. The van der Waals surface area contributed by atoms with E-state index in [1.165, 1.54) is 0 Å². The number of thiazole rings is 1. The number of benzene rings is 1. The SMILES string of the molecule is COc1cccc(CNC(=O)CC[C@@H]2CCCN(C(=O)Cc3sc(C)nc3C)C2)c1. The Morgan fingerprint density at radius 2 is 2.17 bits per heavy atom. The van der Waals surface area contributed by atoms with Crippen molar-refractivity contribution >= 4 is 23.2 Å². The van der Waals surface area contributed by atoms with Gasteiger partial charge in [-0.1, -0.05) is 12.1 Å². The topological polar surface area (TPSA) is 71.5 Å². The Bertz CT molecular complexity index is 880. The Balaban J connectivity index is 1.42. The molecule has 30 heavy (non-hydrogen) atoms. The summed E-state index contributed by atoms with van der Waals surface area (Å²) in [4.78, 5) is 32.5. The lowest BCUT2D eigenvalue weighted by atomic mass is 9.93. The molecule has 7 heteroatoms. The number of likely N-dealkylation sites (tertiary alicyclic amines) is 1. The predicted octanol–water partition coefficient (Wildman–Crippen LogP) is 3.65. The van der Waals surface area contributed by atoms with Gasteiger partial charge in [0.1, 0.15) is 5.75 Å². The highest BCUT2D eigenvalue weighted by Crippen LogP contribution is 2.24. The molecule has 162 valence electrons. The van der Waals surface area contributed by atoms with Gasteiger partial charge in [-0.3, -0.25) is 9.59 Å². The summed E-state index contributed by atoms with van der Waals surface area (Å²) < 4.78 is 5.22. The third kappa shape index (κ3) is 6.29. The summed E-state index contributed by atoms with van der Waals surface area (Å²) in [6.45, 7) is 6.00. The molecular weight excluding hydrogens is 398 g/mol. The van der Waals surface area contributed by atoms with E-state index in [2.05, 4.69) is 10.3 Å². The first kappa shape index (κ1) is 22.3. The molecule has 6 nitrogen and oxygen atoms in total. The van der Waals surface area contributed by atoms with Gasteiger partial charge in [-0.05, 0) is 56.7 Å². The predicted molar refractivity (Wildman–Crippen MR) is 119 cm³/mol. The maximum absolute atomic E-state index is 12.7. The van der Waals surface area contributed by atoms with Crippen LogP contribution in [0.1, 0.15) is 46.8 Å². The van der Waals surface area contributed by atoms with Crippen LogP contribution >= 0.6 is 11.3 Å². The Labute approximate surface area is 182 Å². The largest absolute Gasteiger partial charge is 0.497 e. The number of rotatable bonds is 8. The molecular formula is C23H31N3O3S. The Hall–Kier alpha value is -2.41. The minimum Gasteiger partial charge on any atom is -0.497 e. The third-order valence-electron chi connectivity index (χ3n) is 5.59. The van der Waals surface area contributed by atoms with Crippen LogP contribution in [0.2, 0.25) is 0 Å². The molecule has 2 amide bonds. The Kier molecular flexibility index (Phi) is 7.85. The average Bonchev–Trinajstić information content (AvgIpc) is 3.07. The van der Waals surface area contributed by atoms with Crippen molar-refractivity contribution in [3.05, 3.63) is 45.4 Å². The van der Waals surface area contributed by atoms with E-state index < -0.39 is 0 Å². The van der Waals surface area contributed by atoms with Gasteiger partial charge >= 0.3 is 0 Å². The normalized spacial score (nSPS) is 16.4. The zero-order chi connectivity index (χ0) is 21.5. The molecule has 0 saturated carbocycles. The number of aryl methyl sites for hydroxylation is 2. The Morgan fingerprint density at radius 1 is 1.33 bits per heavy atom. The van der Waals surface area contributed by atoms with E-state index in [1.54, 1.807) is 18.4 Å². The number of carbonyl (C=O) groups is 2. The molecule has 2 heterocycles.